The Morgan fingerprint density at radius 3 is 2.83 bits per heavy atom. The van der Waals surface area contributed by atoms with E-state index < -0.39 is 12.3 Å². The molecule has 0 aromatic heterocycles. The summed E-state index contributed by atoms with van der Waals surface area (Å²) >= 11 is 0. The summed E-state index contributed by atoms with van der Waals surface area (Å²) in [6.07, 6.45) is -3.63. The summed E-state index contributed by atoms with van der Waals surface area (Å²) in [5.41, 5.74) is 0.769. The van der Waals surface area contributed by atoms with Crippen LogP contribution in [0.5, 0.6) is 11.5 Å². The molecule has 1 N–H and O–H groups in total. The number of nitrogens with one attached hydrogen (secondary N) is 1. The van der Waals surface area contributed by atoms with Crippen LogP contribution in [0.15, 0.2) is 18.2 Å². The smallest absolute Gasteiger partial charge is 0.395 e. The minimum atomic E-state index is -3.63. The monoisotopic (exact) mass is 339 g/mol. The summed E-state index contributed by atoms with van der Waals surface area (Å²) in [5.74, 6) is -0.235. The molecule has 0 spiro atoms. The minimum absolute atomic E-state index is 0.00160. The van der Waals surface area contributed by atoms with Crippen LogP contribution >= 0.6 is 0 Å². The third-order valence-electron chi connectivity index (χ3n) is 4.37. The van der Waals surface area contributed by atoms with Crippen molar-refractivity contribution in [3.63, 3.8) is 0 Å². The Balaban J connectivity index is 1.45. The van der Waals surface area contributed by atoms with E-state index in [0.717, 1.165) is 5.56 Å². The predicted octanol–water partition coefficient (Wildman–Crippen LogP) is 0.151. The second-order valence-corrected chi connectivity index (χ2v) is 6.00. The van der Waals surface area contributed by atoms with Crippen LogP contribution in [0.3, 0.4) is 0 Å². The van der Waals surface area contributed by atoms with Crippen LogP contribution < -0.4 is 14.8 Å². The van der Waals surface area contributed by atoms with E-state index >= 15 is 0 Å². The number of hydrogen-bond donors (Lipinski definition) is 1. The predicted molar refractivity (Wildman–Crippen MR) is 76.4 cm³/mol. The summed E-state index contributed by atoms with van der Waals surface area (Å²) < 4.78 is 34.9. The average Bonchev–Trinajstić information content (AvgIpc) is 2.84. The Labute approximate surface area is 136 Å². The van der Waals surface area contributed by atoms with Crippen molar-refractivity contribution >= 4 is 11.8 Å². The zero-order chi connectivity index (χ0) is 16.9. The molecule has 2 amide bonds. The van der Waals surface area contributed by atoms with E-state index in [2.05, 4.69) is 14.8 Å². The summed E-state index contributed by atoms with van der Waals surface area (Å²) in [6, 6.07) is 4.13. The molecule has 7 nitrogen and oxygen atoms in total. The number of halogens is 2. The number of rotatable bonds is 2. The first kappa shape index (κ1) is 15.1. The zero-order valence-corrected chi connectivity index (χ0v) is 12.6. The van der Waals surface area contributed by atoms with E-state index in [0.29, 0.717) is 26.2 Å². The van der Waals surface area contributed by atoms with Crippen molar-refractivity contribution in [1.29, 1.82) is 0 Å². The van der Waals surface area contributed by atoms with Crippen LogP contribution in [0.25, 0.3) is 0 Å². The molecule has 2 saturated heterocycles. The molecule has 0 saturated carbocycles. The van der Waals surface area contributed by atoms with Gasteiger partial charge in [-0.2, -0.15) is 0 Å². The highest BCUT2D eigenvalue weighted by molar-refractivity contribution is 5.95. The second kappa shape index (κ2) is 5.30. The lowest BCUT2D eigenvalue weighted by Crippen LogP contribution is -2.65. The van der Waals surface area contributed by atoms with Crippen molar-refractivity contribution in [2.45, 2.75) is 18.9 Å². The molecule has 1 aromatic carbocycles. The maximum absolute atomic E-state index is 13.1. The highest BCUT2D eigenvalue weighted by atomic mass is 19.3. The largest absolute Gasteiger partial charge is 0.586 e. The summed E-state index contributed by atoms with van der Waals surface area (Å²) in [7, 11) is 0. The number of benzene rings is 1. The molecule has 2 fully saturated rings. The van der Waals surface area contributed by atoms with Crippen LogP contribution in [-0.2, 0) is 16.1 Å². The van der Waals surface area contributed by atoms with Gasteiger partial charge in [0.25, 0.3) is 0 Å². The number of ether oxygens (including phenoxy) is 2. The number of piperazine rings is 2. The standard InChI is InChI=1S/C15H15F2N3O4/c16-15(17)23-11-2-1-9(5-12(11)24-15)7-19-3-4-20-10(8-19)14(22)18-6-13(20)21/h1-2,5,10H,3-4,6-8H2,(H,18,22)/t10-/m0/s1. The Morgan fingerprint density at radius 2 is 2.00 bits per heavy atom. The molecular weight excluding hydrogens is 324 g/mol. The van der Waals surface area contributed by atoms with Gasteiger partial charge in [-0.05, 0) is 17.7 Å². The molecule has 9 heteroatoms. The fourth-order valence-electron chi connectivity index (χ4n) is 3.24. The number of nitrogens with zero attached hydrogens (tertiary/aromatic N) is 2. The SMILES string of the molecule is O=C1NCC(=O)N2CCN(Cc3ccc4c(c3)OC(F)(F)O4)C[C@@H]12. The molecule has 128 valence electrons. The minimum Gasteiger partial charge on any atom is -0.395 e. The van der Waals surface area contributed by atoms with Gasteiger partial charge in [-0.1, -0.05) is 6.07 Å². The topological polar surface area (TPSA) is 71.1 Å². The van der Waals surface area contributed by atoms with Crippen LogP contribution in [0.1, 0.15) is 5.56 Å². The van der Waals surface area contributed by atoms with Gasteiger partial charge in [0, 0.05) is 26.2 Å². The lowest BCUT2D eigenvalue weighted by molar-refractivity contribution is -0.286. The van der Waals surface area contributed by atoms with E-state index in [9.17, 15) is 18.4 Å². The average molecular weight is 339 g/mol. The molecule has 0 bridgehead atoms. The van der Waals surface area contributed by atoms with Gasteiger partial charge in [-0.15, -0.1) is 8.78 Å². The Kier molecular flexibility index (Phi) is 3.34. The van der Waals surface area contributed by atoms with Crippen molar-refractivity contribution in [2.24, 2.45) is 0 Å². The van der Waals surface area contributed by atoms with Gasteiger partial charge in [-0.25, -0.2) is 0 Å². The molecular formula is C15H15F2N3O4. The summed E-state index contributed by atoms with van der Waals surface area (Å²) in [5, 5.41) is 2.58. The van der Waals surface area contributed by atoms with Crippen molar-refractivity contribution in [3.8, 4) is 11.5 Å². The molecule has 3 heterocycles. The number of fused-ring (bicyclic) bond motifs is 2. The Bertz CT molecular complexity index is 712. The molecule has 0 unspecified atom stereocenters. The van der Waals surface area contributed by atoms with Gasteiger partial charge >= 0.3 is 6.29 Å². The molecule has 4 rings (SSSR count). The maximum Gasteiger partial charge on any atom is 0.586 e. The lowest BCUT2D eigenvalue weighted by Gasteiger charge is -2.42. The molecule has 1 aromatic rings. The number of carbonyl (C=O) groups is 2. The Morgan fingerprint density at radius 1 is 1.21 bits per heavy atom. The van der Waals surface area contributed by atoms with Crippen LogP contribution in [0, 0.1) is 0 Å². The highest BCUT2D eigenvalue weighted by Crippen LogP contribution is 2.41. The quantitative estimate of drug-likeness (QED) is 0.831. The van der Waals surface area contributed by atoms with Gasteiger partial charge in [0.1, 0.15) is 6.04 Å². The first-order valence-corrected chi connectivity index (χ1v) is 7.60. The van der Waals surface area contributed by atoms with E-state index in [1.165, 1.54) is 12.1 Å². The van der Waals surface area contributed by atoms with Crippen LogP contribution in [-0.4, -0.2) is 60.1 Å². The van der Waals surface area contributed by atoms with Crippen molar-refractivity contribution < 1.29 is 27.8 Å². The number of amides is 2. The molecule has 0 aliphatic carbocycles. The number of carbonyl (C=O) groups excluding carboxylic acids is 2. The first-order valence-electron chi connectivity index (χ1n) is 7.60. The van der Waals surface area contributed by atoms with E-state index in [1.807, 2.05) is 4.90 Å². The van der Waals surface area contributed by atoms with Crippen molar-refractivity contribution in [3.05, 3.63) is 23.8 Å². The van der Waals surface area contributed by atoms with E-state index in [-0.39, 0.29) is 29.9 Å². The fourth-order valence-corrected chi connectivity index (χ4v) is 3.24. The second-order valence-electron chi connectivity index (χ2n) is 6.00. The highest BCUT2D eigenvalue weighted by Gasteiger charge is 2.43. The number of hydrogen-bond acceptors (Lipinski definition) is 5. The van der Waals surface area contributed by atoms with Crippen LogP contribution in [0.4, 0.5) is 8.78 Å². The van der Waals surface area contributed by atoms with Gasteiger partial charge in [-0.3, -0.25) is 14.5 Å². The Hall–Kier alpha value is -2.42. The zero-order valence-electron chi connectivity index (χ0n) is 12.6. The normalized spacial score (nSPS) is 25.4. The molecule has 0 radical (unpaired) electrons. The third-order valence-corrected chi connectivity index (χ3v) is 4.37. The molecule has 3 aliphatic rings. The van der Waals surface area contributed by atoms with E-state index in [1.54, 1.807) is 11.0 Å². The molecule has 24 heavy (non-hydrogen) atoms. The fraction of sp³-hybridized carbons (Fsp3) is 0.467. The van der Waals surface area contributed by atoms with Crippen LogP contribution in [0.2, 0.25) is 0 Å². The van der Waals surface area contributed by atoms with E-state index in [4.69, 9.17) is 0 Å². The van der Waals surface area contributed by atoms with Crippen molar-refractivity contribution in [2.75, 3.05) is 26.2 Å². The van der Waals surface area contributed by atoms with Gasteiger partial charge in [0.05, 0.1) is 6.54 Å². The third kappa shape index (κ3) is 2.64. The molecule has 1 atom stereocenters. The van der Waals surface area contributed by atoms with Gasteiger partial charge in [0.2, 0.25) is 11.8 Å². The number of alkyl halides is 2. The van der Waals surface area contributed by atoms with Gasteiger partial charge < -0.3 is 19.7 Å². The summed E-state index contributed by atoms with van der Waals surface area (Å²) in [4.78, 5) is 27.4. The lowest BCUT2D eigenvalue weighted by atomic mass is 10.1. The first-order chi connectivity index (χ1) is 11.4. The van der Waals surface area contributed by atoms with Gasteiger partial charge in [0.15, 0.2) is 11.5 Å². The van der Waals surface area contributed by atoms with Crippen molar-refractivity contribution in [1.82, 2.24) is 15.1 Å². The maximum atomic E-state index is 13.1. The summed E-state index contributed by atoms with van der Waals surface area (Å²) in [6.45, 7) is 2.00. The molecule has 3 aliphatic heterocycles.